The topological polar surface area (TPSA) is 15.3 Å². The van der Waals surface area contributed by atoms with Gasteiger partial charge in [-0.15, -0.1) is 0 Å². The van der Waals surface area contributed by atoms with Crippen molar-refractivity contribution in [2.45, 2.75) is 39.8 Å². The first-order chi connectivity index (χ1) is 8.06. The van der Waals surface area contributed by atoms with Crippen LogP contribution in [-0.2, 0) is 6.54 Å². The number of nitrogens with one attached hydrogen (secondary N) is 1. The molecule has 0 fully saturated rings. The molecule has 0 bridgehead atoms. The molecule has 0 unspecified atom stereocenters. The van der Waals surface area contributed by atoms with Gasteiger partial charge in [-0.25, -0.2) is 0 Å². The Morgan fingerprint density at radius 1 is 1.35 bits per heavy atom. The summed E-state index contributed by atoms with van der Waals surface area (Å²) in [6, 6.07) is 7.01. The molecule has 0 aliphatic carbocycles. The standard InChI is InChI=1S/C14H23BrN2/c1-5-8-16-10-12-6-7-13(15)9-14(12)17(4)11(2)3/h6-7,9,11,16H,5,8,10H2,1-4H3. The Morgan fingerprint density at radius 3 is 2.65 bits per heavy atom. The van der Waals surface area contributed by atoms with Gasteiger partial charge in [0, 0.05) is 29.8 Å². The fourth-order valence-electron chi connectivity index (χ4n) is 1.69. The third-order valence-electron chi connectivity index (χ3n) is 2.94. The summed E-state index contributed by atoms with van der Waals surface area (Å²) >= 11 is 3.55. The largest absolute Gasteiger partial charge is 0.372 e. The minimum absolute atomic E-state index is 0.509. The van der Waals surface area contributed by atoms with E-state index in [0.29, 0.717) is 6.04 Å². The van der Waals surface area contributed by atoms with Crippen molar-refractivity contribution in [1.29, 1.82) is 0 Å². The molecule has 96 valence electrons. The number of anilines is 1. The molecule has 0 heterocycles. The lowest BCUT2D eigenvalue weighted by molar-refractivity contribution is 0.669. The molecule has 1 rings (SSSR count). The van der Waals surface area contributed by atoms with Crippen LogP contribution >= 0.6 is 15.9 Å². The van der Waals surface area contributed by atoms with Crippen molar-refractivity contribution in [3.05, 3.63) is 28.2 Å². The monoisotopic (exact) mass is 298 g/mol. The van der Waals surface area contributed by atoms with Gasteiger partial charge in [0.1, 0.15) is 0 Å². The highest BCUT2D eigenvalue weighted by Crippen LogP contribution is 2.25. The van der Waals surface area contributed by atoms with E-state index in [-0.39, 0.29) is 0 Å². The number of benzene rings is 1. The third kappa shape index (κ3) is 4.32. The van der Waals surface area contributed by atoms with E-state index < -0.39 is 0 Å². The summed E-state index contributed by atoms with van der Waals surface area (Å²) in [5, 5.41) is 3.46. The Bertz CT molecular complexity index is 350. The zero-order valence-electron chi connectivity index (χ0n) is 11.3. The second-order valence-electron chi connectivity index (χ2n) is 4.65. The van der Waals surface area contributed by atoms with Gasteiger partial charge in [-0.1, -0.05) is 28.9 Å². The van der Waals surface area contributed by atoms with E-state index in [1.165, 1.54) is 17.7 Å². The Labute approximate surface area is 114 Å². The minimum Gasteiger partial charge on any atom is -0.372 e. The molecule has 0 radical (unpaired) electrons. The van der Waals surface area contributed by atoms with Crippen molar-refractivity contribution in [1.82, 2.24) is 5.32 Å². The average molecular weight is 299 g/mol. The van der Waals surface area contributed by atoms with Crippen LogP contribution in [0, 0.1) is 0 Å². The predicted molar refractivity (Wildman–Crippen MR) is 79.7 cm³/mol. The molecule has 1 N–H and O–H groups in total. The fourth-order valence-corrected chi connectivity index (χ4v) is 2.04. The first-order valence-corrected chi connectivity index (χ1v) is 7.07. The molecule has 0 saturated heterocycles. The molecule has 0 amide bonds. The van der Waals surface area contributed by atoms with Crippen molar-refractivity contribution in [3.8, 4) is 0 Å². The lowest BCUT2D eigenvalue weighted by atomic mass is 10.1. The summed E-state index contributed by atoms with van der Waals surface area (Å²) in [6.45, 7) is 8.62. The minimum atomic E-state index is 0.509. The summed E-state index contributed by atoms with van der Waals surface area (Å²) in [5.74, 6) is 0. The van der Waals surface area contributed by atoms with Gasteiger partial charge >= 0.3 is 0 Å². The van der Waals surface area contributed by atoms with Crippen LogP contribution in [0.1, 0.15) is 32.8 Å². The van der Waals surface area contributed by atoms with E-state index in [1.54, 1.807) is 0 Å². The molecule has 0 atom stereocenters. The zero-order chi connectivity index (χ0) is 12.8. The van der Waals surface area contributed by atoms with Gasteiger partial charge in [-0.3, -0.25) is 0 Å². The summed E-state index contributed by atoms with van der Waals surface area (Å²) < 4.78 is 1.14. The maximum absolute atomic E-state index is 3.55. The quantitative estimate of drug-likeness (QED) is 0.804. The van der Waals surface area contributed by atoms with E-state index in [9.17, 15) is 0 Å². The molecular weight excluding hydrogens is 276 g/mol. The Kier molecular flexibility index (Phi) is 6.00. The summed E-state index contributed by atoms with van der Waals surface area (Å²) in [5.41, 5.74) is 2.66. The third-order valence-corrected chi connectivity index (χ3v) is 3.44. The maximum Gasteiger partial charge on any atom is 0.0422 e. The van der Waals surface area contributed by atoms with E-state index >= 15 is 0 Å². The first kappa shape index (κ1) is 14.5. The normalized spacial score (nSPS) is 10.9. The Morgan fingerprint density at radius 2 is 2.06 bits per heavy atom. The van der Waals surface area contributed by atoms with E-state index in [0.717, 1.165) is 17.6 Å². The number of hydrogen-bond donors (Lipinski definition) is 1. The van der Waals surface area contributed by atoms with Crippen LogP contribution in [0.5, 0.6) is 0 Å². The van der Waals surface area contributed by atoms with Crippen LogP contribution in [0.4, 0.5) is 5.69 Å². The Balaban J connectivity index is 2.87. The molecule has 0 aliphatic rings. The van der Waals surface area contributed by atoms with Crippen LogP contribution < -0.4 is 10.2 Å². The van der Waals surface area contributed by atoms with Crippen LogP contribution in [0.3, 0.4) is 0 Å². The van der Waals surface area contributed by atoms with Crippen LogP contribution in [0.2, 0.25) is 0 Å². The van der Waals surface area contributed by atoms with E-state index in [4.69, 9.17) is 0 Å². The molecule has 3 heteroatoms. The summed E-state index contributed by atoms with van der Waals surface area (Å²) in [7, 11) is 2.15. The number of halogens is 1. The van der Waals surface area contributed by atoms with Gasteiger partial charge in [0.05, 0.1) is 0 Å². The maximum atomic E-state index is 3.55. The highest BCUT2D eigenvalue weighted by atomic mass is 79.9. The molecular formula is C14H23BrN2. The SMILES string of the molecule is CCCNCc1ccc(Br)cc1N(C)C(C)C. The number of rotatable bonds is 6. The second-order valence-corrected chi connectivity index (χ2v) is 5.57. The number of nitrogens with zero attached hydrogens (tertiary/aromatic N) is 1. The second kappa shape index (κ2) is 7.02. The highest BCUT2D eigenvalue weighted by molar-refractivity contribution is 9.10. The van der Waals surface area contributed by atoms with Gasteiger partial charge in [0.15, 0.2) is 0 Å². The molecule has 2 nitrogen and oxygen atoms in total. The lowest BCUT2D eigenvalue weighted by Crippen LogP contribution is -2.27. The molecule has 1 aromatic rings. The highest BCUT2D eigenvalue weighted by Gasteiger charge is 2.10. The van der Waals surface area contributed by atoms with Gasteiger partial charge in [0.25, 0.3) is 0 Å². The van der Waals surface area contributed by atoms with Crippen molar-refractivity contribution >= 4 is 21.6 Å². The van der Waals surface area contributed by atoms with E-state index in [1.807, 2.05) is 0 Å². The van der Waals surface area contributed by atoms with E-state index in [2.05, 4.69) is 72.2 Å². The van der Waals surface area contributed by atoms with Crippen molar-refractivity contribution in [2.24, 2.45) is 0 Å². The average Bonchev–Trinajstić information content (AvgIpc) is 2.30. The van der Waals surface area contributed by atoms with Crippen molar-refractivity contribution < 1.29 is 0 Å². The van der Waals surface area contributed by atoms with Crippen molar-refractivity contribution in [2.75, 3.05) is 18.5 Å². The molecule has 0 spiro atoms. The predicted octanol–water partition coefficient (Wildman–Crippen LogP) is 3.79. The smallest absolute Gasteiger partial charge is 0.0422 e. The molecule has 0 saturated carbocycles. The van der Waals surface area contributed by atoms with Gasteiger partial charge in [-0.05, 0) is 44.5 Å². The molecule has 17 heavy (non-hydrogen) atoms. The van der Waals surface area contributed by atoms with Crippen LogP contribution in [-0.4, -0.2) is 19.6 Å². The molecule has 0 aromatic heterocycles. The van der Waals surface area contributed by atoms with Gasteiger partial charge in [-0.2, -0.15) is 0 Å². The molecule has 0 aliphatic heterocycles. The first-order valence-electron chi connectivity index (χ1n) is 6.28. The van der Waals surface area contributed by atoms with Crippen LogP contribution in [0.15, 0.2) is 22.7 Å². The fraction of sp³-hybridized carbons (Fsp3) is 0.571. The zero-order valence-corrected chi connectivity index (χ0v) is 12.8. The van der Waals surface area contributed by atoms with Gasteiger partial charge < -0.3 is 10.2 Å². The molecule has 1 aromatic carbocycles. The summed E-state index contributed by atoms with van der Waals surface area (Å²) in [4.78, 5) is 2.31. The lowest BCUT2D eigenvalue weighted by Gasteiger charge is -2.27. The van der Waals surface area contributed by atoms with Gasteiger partial charge in [0.2, 0.25) is 0 Å². The summed E-state index contributed by atoms with van der Waals surface area (Å²) in [6.07, 6.45) is 1.17. The van der Waals surface area contributed by atoms with Crippen molar-refractivity contribution in [3.63, 3.8) is 0 Å². The van der Waals surface area contributed by atoms with Crippen LogP contribution in [0.25, 0.3) is 0 Å². The Hall–Kier alpha value is -0.540. The number of hydrogen-bond acceptors (Lipinski definition) is 2.